The quantitative estimate of drug-likeness (QED) is 0.0905. The third-order valence-corrected chi connectivity index (χ3v) is 7.73. The van der Waals surface area contributed by atoms with Crippen molar-refractivity contribution in [2.75, 3.05) is 5.33 Å². The molecule has 0 saturated heterocycles. The summed E-state index contributed by atoms with van der Waals surface area (Å²) in [5.74, 6) is 0.126. The molecule has 236 valence electrons. The molecular formula is C43H36BrN3O. The largest absolute Gasteiger partial charge is 0.293 e. The Hall–Kier alpha value is -5.65. The van der Waals surface area contributed by atoms with Gasteiger partial charge in [-0.15, -0.1) is 0 Å². The lowest BCUT2D eigenvalue weighted by Gasteiger charge is -2.07. The number of halogens is 1. The number of rotatable bonds is 8. The first-order chi connectivity index (χ1) is 23.7. The molecule has 0 amide bonds. The van der Waals surface area contributed by atoms with Crippen molar-refractivity contribution in [3.63, 3.8) is 0 Å². The minimum Gasteiger partial charge on any atom is -0.293 e. The van der Waals surface area contributed by atoms with Gasteiger partial charge in [0.1, 0.15) is 0 Å². The van der Waals surface area contributed by atoms with Crippen LogP contribution >= 0.6 is 15.9 Å². The Kier molecular flexibility index (Phi) is 13.0. The Morgan fingerprint density at radius 3 is 1.65 bits per heavy atom. The second-order valence-electron chi connectivity index (χ2n) is 10.7. The number of ketones is 1. The molecular weight excluding hydrogens is 654 g/mol. The average Bonchev–Trinajstić information content (AvgIpc) is 3.63. The second kappa shape index (κ2) is 18.5. The maximum absolute atomic E-state index is 11.0. The van der Waals surface area contributed by atoms with E-state index < -0.39 is 0 Å². The van der Waals surface area contributed by atoms with Gasteiger partial charge in [0.25, 0.3) is 0 Å². The van der Waals surface area contributed by atoms with Gasteiger partial charge in [0, 0.05) is 22.9 Å². The first-order valence-corrected chi connectivity index (χ1v) is 16.8. The maximum atomic E-state index is 11.0. The summed E-state index contributed by atoms with van der Waals surface area (Å²) in [6.07, 6.45) is 1.91. The number of aliphatic imine (C=N–C) groups is 1. The van der Waals surface area contributed by atoms with Gasteiger partial charge in [-0.2, -0.15) is 5.10 Å². The summed E-state index contributed by atoms with van der Waals surface area (Å²) < 4.78 is 2.01. The van der Waals surface area contributed by atoms with E-state index in [-0.39, 0.29) is 5.78 Å². The highest BCUT2D eigenvalue weighted by atomic mass is 79.9. The number of hydrogen-bond acceptors (Lipinski definition) is 3. The highest BCUT2D eigenvalue weighted by molar-refractivity contribution is 9.09. The molecule has 0 unspecified atom stereocenters. The molecule has 0 saturated carbocycles. The number of hydrogen-bond donors (Lipinski definition) is 0. The monoisotopic (exact) mass is 689 g/mol. The normalized spacial score (nSPS) is 10.4. The molecule has 1 aromatic heterocycles. The number of Topliss-reactive ketones (excluding diaryl/α,β-unsaturated/α-hetero) is 1. The smallest absolute Gasteiger partial charge is 0.173 e. The van der Waals surface area contributed by atoms with E-state index >= 15 is 0 Å². The van der Waals surface area contributed by atoms with Crippen LogP contribution in [-0.4, -0.2) is 27.1 Å². The van der Waals surface area contributed by atoms with Crippen molar-refractivity contribution >= 4 is 27.9 Å². The molecule has 0 bridgehead atoms. The fourth-order valence-corrected chi connectivity index (χ4v) is 5.12. The van der Waals surface area contributed by atoms with Crippen LogP contribution in [0.25, 0.3) is 28.2 Å². The molecule has 4 nitrogen and oxygen atoms in total. The second-order valence-corrected chi connectivity index (χ2v) is 11.2. The van der Waals surface area contributed by atoms with Crippen LogP contribution in [0, 0.1) is 0 Å². The fraction of sp³-hybridized carbons (Fsp3) is 0.0465. The van der Waals surface area contributed by atoms with Crippen LogP contribution in [0.4, 0.5) is 0 Å². The van der Waals surface area contributed by atoms with Crippen LogP contribution in [0.15, 0.2) is 193 Å². The van der Waals surface area contributed by atoms with E-state index in [1.165, 1.54) is 5.56 Å². The molecule has 6 aromatic carbocycles. The number of alkyl halides is 1. The molecule has 1 heterocycles. The van der Waals surface area contributed by atoms with E-state index in [0.717, 1.165) is 45.9 Å². The SMILES string of the molecule is C(=NCc1ccccc1)c1ccccc1.O=C(CBr)c1ccccc1.c1ccc(-c2cc(-c3ccccc3)n(-c3ccccc3)n2)cc1. The lowest BCUT2D eigenvalue weighted by atomic mass is 10.1. The van der Waals surface area contributed by atoms with Crippen molar-refractivity contribution in [3.05, 3.63) is 205 Å². The van der Waals surface area contributed by atoms with Crippen LogP contribution < -0.4 is 0 Å². The predicted molar refractivity (Wildman–Crippen MR) is 203 cm³/mol. The minimum atomic E-state index is 0.126. The first-order valence-electron chi connectivity index (χ1n) is 15.7. The van der Waals surface area contributed by atoms with Gasteiger partial charge < -0.3 is 0 Å². The molecule has 7 rings (SSSR count). The Morgan fingerprint density at radius 1 is 0.604 bits per heavy atom. The lowest BCUT2D eigenvalue weighted by molar-refractivity contribution is 0.102. The molecule has 0 N–H and O–H groups in total. The number of benzene rings is 6. The van der Waals surface area contributed by atoms with Gasteiger partial charge in [-0.25, -0.2) is 4.68 Å². The van der Waals surface area contributed by atoms with Gasteiger partial charge in [0.15, 0.2) is 5.78 Å². The number of aromatic nitrogens is 2. The van der Waals surface area contributed by atoms with Gasteiger partial charge in [0.05, 0.1) is 29.0 Å². The fourth-order valence-electron chi connectivity index (χ4n) is 4.79. The summed E-state index contributed by atoms with van der Waals surface area (Å²) in [4.78, 5) is 15.4. The third-order valence-electron chi connectivity index (χ3n) is 7.22. The van der Waals surface area contributed by atoms with Crippen LogP contribution in [0.2, 0.25) is 0 Å². The highest BCUT2D eigenvalue weighted by Gasteiger charge is 2.12. The van der Waals surface area contributed by atoms with Crippen LogP contribution in [0.5, 0.6) is 0 Å². The molecule has 0 atom stereocenters. The van der Waals surface area contributed by atoms with Crippen molar-refractivity contribution in [3.8, 4) is 28.2 Å². The van der Waals surface area contributed by atoms with E-state index in [9.17, 15) is 4.79 Å². The summed E-state index contributed by atoms with van der Waals surface area (Å²) in [7, 11) is 0. The van der Waals surface area contributed by atoms with Crippen LogP contribution in [0.1, 0.15) is 21.5 Å². The van der Waals surface area contributed by atoms with Crippen molar-refractivity contribution in [1.29, 1.82) is 0 Å². The standard InChI is InChI=1S/C21H16N2.C14H13N.C8H7BrO/c1-4-10-17(11-5-1)20-16-21(18-12-6-2-7-13-18)23(22-20)19-14-8-3-9-15-19;1-3-7-13(8-4-1)11-15-12-14-9-5-2-6-10-14;9-6-8(10)7-4-2-1-3-5-7/h1-16H;1-11H,12H2;1-5H,6H2. The van der Waals surface area contributed by atoms with Gasteiger partial charge in [0.2, 0.25) is 0 Å². The highest BCUT2D eigenvalue weighted by Crippen LogP contribution is 2.28. The van der Waals surface area contributed by atoms with E-state index in [0.29, 0.717) is 5.33 Å². The summed E-state index contributed by atoms with van der Waals surface area (Å²) in [5, 5.41) is 5.24. The Balaban J connectivity index is 0.000000155. The molecule has 7 aromatic rings. The van der Waals surface area contributed by atoms with Crippen LogP contribution in [-0.2, 0) is 6.54 Å². The van der Waals surface area contributed by atoms with Crippen molar-refractivity contribution in [1.82, 2.24) is 9.78 Å². The molecule has 5 heteroatoms. The van der Waals surface area contributed by atoms with Gasteiger partial charge in [-0.1, -0.05) is 186 Å². The number of nitrogens with zero attached hydrogens (tertiary/aromatic N) is 3. The van der Waals surface area contributed by atoms with Crippen molar-refractivity contribution in [2.45, 2.75) is 6.54 Å². The molecule has 0 fully saturated rings. The van der Waals surface area contributed by atoms with Crippen LogP contribution in [0.3, 0.4) is 0 Å². The number of carbonyl (C=O) groups excluding carboxylic acids is 1. The topological polar surface area (TPSA) is 47.2 Å². The Bertz CT molecular complexity index is 1910. The first kappa shape index (κ1) is 33.7. The van der Waals surface area contributed by atoms with E-state index in [1.54, 1.807) is 0 Å². The molecule has 0 aliphatic carbocycles. The van der Waals surface area contributed by atoms with Crippen molar-refractivity contribution < 1.29 is 4.79 Å². The van der Waals surface area contributed by atoms with Gasteiger partial charge in [-0.3, -0.25) is 9.79 Å². The Morgan fingerprint density at radius 2 is 1.08 bits per heavy atom. The number of carbonyl (C=O) groups is 1. The van der Waals surface area contributed by atoms with E-state index in [2.05, 4.69) is 99.8 Å². The van der Waals surface area contributed by atoms with E-state index in [4.69, 9.17) is 5.10 Å². The molecule has 0 radical (unpaired) electrons. The zero-order valence-corrected chi connectivity index (χ0v) is 28.1. The maximum Gasteiger partial charge on any atom is 0.173 e. The third kappa shape index (κ3) is 10.2. The molecule has 48 heavy (non-hydrogen) atoms. The summed E-state index contributed by atoms with van der Waals surface area (Å²) in [6.45, 7) is 0.746. The van der Waals surface area contributed by atoms with Crippen molar-refractivity contribution in [2.24, 2.45) is 4.99 Å². The molecule has 0 aliphatic rings. The Labute approximate surface area is 291 Å². The average molecular weight is 691 g/mol. The molecule has 0 spiro atoms. The van der Waals surface area contributed by atoms with E-state index in [1.807, 2.05) is 120 Å². The summed E-state index contributed by atoms with van der Waals surface area (Å²) in [5.41, 5.74) is 8.57. The zero-order chi connectivity index (χ0) is 33.2. The zero-order valence-electron chi connectivity index (χ0n) is 26.5. The molecule has 0 aliphatic heterocycles. The minimum absolute atomic E-state index is 0.126. The lowest BCUT2D eigenvalue weighted by Crippen LogP contribution is -1.98. The number of para-hydroxylation sites is 1. The summed E-state index contributed by atoms with van der Waals surface area (Å²) >= 11 is 3.10. The summed E-state index contributed by atoms with van der Waals surface area (Å²) in [6, 6.07) is 62.7. The predicted octanol–water partition coefficient (Wildman–Crippen LogP) is 10.8. The van der Waals surface area contributed by atoms with Gasteiger partial charge >= 0.3 is 0 Å². The van der Waals surface area contributed by atoms with Gasteiger partial charge in [-0.05, 0) is 29.3 Å².